The van der Waals surface area contributed by atoms with Crippen molar-refractivity contribution in [2.75, 3.05) is 7.11 Å². The van der Waals surface area contributed by atoms with Gasteiger partial charge in [0.2, 0.25) is 0 Å². The Bertz CT molecular complexity index is 1260. The van der Waals surface area contributed by atoms with Crippen molar-refractivity contribution < 1.29 is 4.74 Å². The van der Waals surface area contributed by atoms with Crippen molar-refractivity contribution in [3.8, 4) is 16.9 Å². The molecule has 0 saturated heterocycles. The van der Waals surface area contributed by atoms with Crippen molar-refractivity contribution in [1.82, 2.24) is 4.98 Å². The molecule has 0 aliphatic rings. The molecule has 0 aliphatic carbocycles. The van der Waals surface area contributed by atoms with Crippen LogP contribution in [0.3, 0.4) is 0 Å². The molecule has 0 atom stereocenters. The summed E-state index contributed by atoms with van der Waals surface area (Å²) >= 11 is 0. The number of nitrogens with one attached hydrogen (secondary N) is 1. The maximum Gasteiger partial charge on any atom is 0.119 e. The number of aryl methyl sites for hydroxylation is 1. The molecule has 0 spiro atoms. The first-order valence-corrected chi connectivity index (χ1v) is 8.83. The zero-order valence-electron chi connectivity index (χ0n) is 14.8. The summed E-state index contributed by atoms with van der Waals surface area (Å²) in [6.07, 6.45) is 0. The lowest BCUT2D eigenvalue weighted by Crippen LogP contribution is -1.87. The number of aromatic nitrogens is 1. The van der Waals surface area contributed by atoms with Crippen LogP contribution in [0.15, 0.2) is 72.8 Å². The summed E-state index contributed by atoms with van der Waals surface area (Å²) in [6, 6.07) is 25.8. The first-order valence-electron chi connectivity index (χ1n) is 8.83. The Morgan fingerprint density at radius 2 is 1.54 bits per heavy atom. The first kappa shape index (κ1) is 15.0. The maximum absolute atomic E-state index is 5.51. The Hall–Kier alpha value is -3.26. The second-order valence-corrected chi connectivity index (χ2v) is 6.79. The molecule has 26 heavy (non-hydrogen) atoms. The van der Waals surface area contributed by atoms with Gasteiger partial charge in [0.25, 0.3) is 0 Å². The molecular formula is C24H19NO. The van der Waals surface area contributed by atoms with E-state index in [0.29, 0.717) is 0 Å². The van der Waals surface area contributed by atoms with E-state index in [1.54, 1.807) is 7.11 Å². The number of hydrogen-bond donors (Lipinski definition) is 1. The van der Waals surface area contributed by atoms with E-state index in [2.05, 4.69) is 78.6 Å². The molecule has 0 fully saturated rings. The Kier molecular flexibility index (Phi) is 3.26. The molecule has 0 bridgehead atoms. The van der Waals surface area contributed by atoms with Gasteiger partial charge in [0.15, 0.2) is 0 Å². The number of hydrogen-bond acceptors (Lipinski definition) is 1. The number of para-hydroxylation sites is 1. The standard InChI is InChI=1S/C24H19NO/c1-15-7-9-16(10-8-15)20-14-23-24(19-5-3-4-6-22(19)25-23)18-12-11-17(26-2)13-21(18)20/h3-14,25H,1-2H3. The number of rotatable bonds is 2. The van der Waals surface area contributed by atoms with E-state index in [-0.39, 0.29) is 0 Å². The van der Waals surface area contributed by atoms with Crippen LogP contribution in [0.4, 0.5) is 0 Å². The highest BCUT2D eigenvalue weighted by molar-refractivity contribution is 6.23. The van der Waals surface area contributed by atoms with Gasteiger partial charge in [-0.1, -0.05) is 48.0 Å². The van der Waals surface area contributed by atoms with Crippen molar-refractivity contribution >= 4 is 32.6 Å². The SMILES string of the molecule is COc1ccc2c(c1)c(-c1ccc(C)cc1)cc1[nH]c3ccccc3c12. The molecule has 0 amide bonds. The van der Waals surface area contributed by atoms with E-state index in [1.807, 2.05) is 6.07 Å². The third-order valence-corrected chi connectivity index (χ3v) is 5.17. The average Bonchev–Trinajstić information content (AvgIpc) is 3.06. The summed E-state index contributed by atoms with van der Waals surface area (Å²) in [5.41, 5.74) is 6.04. The zero-order chi connectivity index (χ0) is 17.7. The van der Waals surface area contributed by atoms with Crippen LogP contribution in [0, 0.1) is 6.92 Å². The smallest absolute Gasteiger partial charge is 0.119 e. The Morgan fingerprint density at radius 1 is 0.731 bits per heavy atom. The fraction of sp³-hybridized carbons (Fsp3) is 0.0833. The number of fused-ring (bicyclic) bond motifs is 5. The highest BCUT2D eigenvalue weighted by Gasteiger charge is 2.13. The van der Waals surface area contributed by atoms with Gasteiger partial charge in [0.1, 0.15) is 5.75 Å². The summed E-state index contributed by atoms with van der Waals surface area (Å²) in [5, 5.41) is 4.99. The molecule has 0 aliphatic heterocycles. The van der Waals surface area contributed by atoms with E-state index in [4.69, 9.17) is 4.74 Å². The topological polar surface area (TPSA) is 25.0 Å². The molecule has 0 radical (unpaired) electrons. The lowest BCUT2D eigenvalue weighted by atomic mass is 9.94. The third kappa shape index (κ3) is 2.19. The Balaban J connectivity index is 1.96. The quantitative estimate of drug-likeness (QED) is 0.393. The van der Waals surface area contributed by atoms with E-state index in [0.717, 1.165) is 5.75 Å². The van der Waals surface area contributed by atoms with Crippen LogP contribution < -0.4 is 4.74 Å². The minimum absolute atomic E-state index is 0.880. The second-order valence-electron chi connectivity index (χ2n) is 6.79. The van der Waals surface area contributed by atoms with Gasteiger partial charge in [0.05, 0.1) is 7.11 Å². The minimum atomic E-state index is 0.880. The summed E-state index contributed by atoms with van der Waals surface area (Å²) < 4.78 is 5.51. The van der Waals surface area contributed by atoms with Crippen LogP contribution in [-0.2, 0) is 0 Å². The Morgan fingerprint density at radius 3 is 2.35 bits per heavy atom. The summed E-state index contributed by atoms with van der Waals surface area (Å²) in [7, 11) is 1.72. The number of benzene rings is 4. The van der Waals surface area contributed by atoms with Crippen molar-refractivity contribution in [3.05, 3.63) is 78.4 Å². The monoisotopic (exact) mass is 337 g/mol. The van der Waals surface area contributed by atoms with Gasteiger partial charge < -0.3 is 9.72 Å². The van der Waals surface area contributed by atoms with Gasteiger partial charge in [-0.25, -0.2) is 0 Å². The minimum Gasteiger partial charge on any atom is -0.497 e. The molecule has 1 aromatic heterocycles. The van der Waals surface area contributed by atoms with Gasteiger partial charge in [-0.05, 0) is 59.2 Å². The molecule has 0 saturated carbocycles. The molecule has 126 valence electrons. The average molecular weight is 337 g/mol. The molecular weight excluding hydrogens is 318 g/mol. The van der Waals surface area contributed by atoms with E-state index >= 15 is 0 Å². The van der Waals surface area contributed by atoms with Crippen LogP contribution in [0.5, 0.6) is 5.75 Å². The fourth-order valence-corrected chi connectivity index (χ4v) is 3.85. The molecule has 2 nitrogen and oxygen atoms in total. The van der Waals surface area contributed by atoms with Crippen molar-refractivity contribution in [1.29, 1.82) is 0 Å². The van der Waals surface area contributed by atoms with E-state index in [9.17, 15) is 0 Å². The second kappa shape index (κ2) is 5.63. The first-order chi connectivity index (χ1) is 12.7. The van der Waals surface area contributed by atoms with Crippen LogP contribution in [-0.4, -0.2) is 12.1 Å². The van der Waals surface area contributed by atoms with Gasteiger partial charge in [-0.2, -0.15) is 0 Å². The van der Waals surface area contributed by atoms with Crippen LogP contribution in [0.25, 0.3) is 43.7 Å². The number of ether oxygens (including phenoxy) is 1. The number of H-pyrrole nitrogens is 1. The highest BCUT2D eigenvalue weighted by atomic mass is 16.5. The summed E-state index contributed by atoms with van der Waals surface area (Å²) in [6.45, 7) is 2.12. The lowest BCUT2D eigenvalue weighted by Gasteiger charge is -2.11. The number of methoxy groups -OCH3 is 1. The van der Waals surface area contributed by atoms with E-state index < -0.39 is 0 Å². The van der Waals surface area contributed by atoms with Crippen LogP contribution >= 0.6 is 0 Å². The molecule has 0 unspecified atom stereocenters. The largest absolute Gasteiger partial charge is 0.497 e. The van der Waals surface area contributed by atoms with Crippen molar-refractivity contribution in [3.63, 3.8) is 0 Å². The molecule has 5 rings (SSSR count). The molecule has 5 aromatic rings. The van der Waals surface area contributed by atoms with Gasteiger partial charge in [0, 0.05) is 21.8 Å². The van der Waals surface area contributed by atoms with Crippen molar-refractivity contribution in [2.45, 2.75) is 6.92 Å². The van der Waals surface area contributed by atoms with Crippen LogP contribution in [0.1, 0.15) is 5.56 Å². The van der Waals surface area contributed by atoms with Gasteiger partial charge in [-0.15, -0.1) is 0 Å². The zero-order valence-corrected chi connectivity index (χ0v) is 14.8. The molecule has 1 N–H and O–H groups in total. The van der Waals surface area contributed by atoms with Gasteiger partial charge >= 0.3 is 0 Å². The maximum atomic E-state index is 5.51. The van der Waals surface area contributed by atoms with Gasteiger partial charge in [-0.3, -0.25) is 0 Å². The molecule has 2 heteroatoms. The predicted octanol–water partition coefficient (Wildman–Crippen LogP) is 6.46. The summed E-state index contributed by atoms with van der Waals surface area (Å²) in [4.78, 5) is 3.59. The Labute approximate surface area is 152 Å². The molecule has 1 heterocycles. The lowest BCUT2D eigenvalue weighted by molar-refractivity contribution is 0.415. The fourth-order valence-electron chi connectivity index (χ4n) is 3.85. The third-order valence-electron chi connectivity index (χ3n) is 5.17. The normalized spacial score (nSPS) is 11.5. The highest BCUT2D eigenvalue weighted by Crippen LogP contribution is 2.39. The van der Waals surface area contributed by atoms with Crippen LogP contribution in [0.2, 0.25) is 0 Å². The van der Waals surface area contributed by atoms with E-state index in [1.165, 1.54) is 49.3 Å². The summed E-state index contributed by atoms with van der Waals surface area (Å²) in [5.74, 6) is 0.880. The number of aromatic amines is 1. The molecule has 4 aromatic carbocycles. The van der Waals surface area contributed by atoms with Crippen molar-refractivity contribution in [2.24, 2.45) is 0 Å². The predicted molar refractivity (Wildman–Crippen MR) is 110 cm³/mol.